The van der Waals surface area contributed by atoms with Crippen molar-refractivity contribution in [2.24, 2.45) is 28.7 Å². The third-order valence-electron chi connectivity index (χ3n) is 17.2. The molecule has 5 saturated heterocycles. The van der Waals surface area contributed by atoms with Crippen LogP contribution in [0.15, 0.2) is 62.0 Å². The highest BCUT2D eigenvalue weighted by atomic mass is 19.4. The number of aryl methyl sites for hydroxylation is 1. The van der Waals surface area contributed by atoms with Crippen molar-refractivity contribution in [3.8, 4) is 6.01 Å². The highest BCUT2D eigenvalue weighted by Gasteiger charge is 2.40. The van der Waals surface area contributed by atoms with E-state index in [9.17, 15) is 61.5 Å². The maximum absolute atomic E-state index is 13.1. The zero-order valence-corrected chi connectivity index (χ0v) is 54.8. The third-order valence-corrected chi connectivity index (χ3v) is 17.2. The molecule has 0 amide bonds. The van der Waals surface area contributed by atoms with Gasteiger partial charge in [-0.1, -0.05) is 7.43 Å². The van der Waals surface area contributed by atoms with Crippen LogP contribution in [-0.2, 0) is 28.0 Å². The number of hydrogen-bond acceptors (Lipinski definition) is 23. The molecule has 5 fully saturated rings. The minimum absolute atomic E-state index is 0. The summed E-state index contributed by atoms with van der Waals surface area (Å²) in [5.41, 5.74) is 32.2. The van der Waals surface area contributed by atoms with E-state index in [1.54, 1.807) is 31.9 Å². The van der Waals surface area contributed by atoms with Crippen molar-refractivity contribution in [2.75, 3.05) is 126 Å². The molecule has 37 heteroatoms. The molecule has 0 saturated carbocycles. The lowest BCUT2D eigenvalue weighted by atomic mass is 10.0. The quantitative estimate of drug-likeness (QED) is 0.0549. The van der Waals surface area contributed by atoms with Crippen molar-refractivity contribution < 1.29 is 75.7 Å². The molecule has 5 aromatic heterocycles. The fraction of sp³-hybridized carbons (Fsp3) is 0.677. The number of hydrogen-bond donors (Lipinski definition) is 5. The Morgan fingerprint density at radius 1 is 0.444 bits per heavy atom. The summed E-state index contributed by atoms with van der Waals surface area (Å²) in [6.45, 7) is 10.2. The highest BCUT2D eigenvalue weighted by molar-refractivity contribution is 5.17. The van der Waals surface area contributed by atoms with Gasteiger partial charge in [0.2, 0.25) is 17.5 Å². The number of likely N-dealkylation sites (tertiary alicyclic amines) is 4. The first-order valence-electron chi connectivity index (χ1n) is 32.0. The van der Waals surface area contributed by atoms with Crippen molar-refractivity contribution in [3.05, 3.63) is 113 Å². The summed E-state index contributed by atoms with van der Waals surface area (Å²) in [6.07, 6.45) is 2.78. The number of rotatable bonds is 17. The van der Waals surface area contributed by atoms with E-state index in [0.29, 0.717) is 127 Å². The summed E-state index contributed by atoms with van der Waals surface area (Å²) in [7, 11) is 3.15. The van der Waals surface area contributed by atoms with Crippen LogP contribution in [-0.4, -0.2) is 224 Å². The Hall–Kier alpha value is -6.26. The topological polar surface area (TPSA) is 303 Å². The second-order valence-corrected chi connectivity index (χ2v) is 23.8. The molecule has 99 heavy (non-hydrogen) atoms. The Balaban J connectivity index is 0.000000223. The molecule has 23 nitrogen and oxygen atoms in total. The van der Waals surface area contributed by atoms with Crippen molar-refractivity contribution in [1.82, 2.24) is 74.3 Å². The average Bonchev–Trinajstić information content (AvgIpc) is 1.04. The predicted molar refractivity (Wildman–Crippen MR) is 338 cm³/mol. The maximum atomic E-state index is 13.1. The molecule has 5 aliphatic heterocycles. The largest absolute Gasteiger partial charge is 0.467 e. The van der Waals surface area contributed by atoms with Gasteiger partial charge in [0.15, 0.2) is 0 Å². The summed E-state index contributed by atoms with van der Waals surface area (Å²) < 4.78 is 193. The van der Waals surface area contributed by atoms with Gasteiger partial charge in [-0.3, -0.25) is 24.5 Å². The number of piperidine rings is 4. The van der Waals surface area contributed by atoms with Gasteiger partial charge in [0.05, 0.1) is 50.0 Å². The Morgan fingerprint density at radius 3 is 1.09 bits per heavy atom. The zero-order valence-electron chi connectivity index (χ0n) is 54.8. The monoisotopic (exact) mass is 1430 g/mol. The second kappa shape index (κ2) is 39.2. The van der Waals surface area contributed by atoms with Crippen LogP contribution in [0.3, 0.4) is 0 Å². The molecule has 10 heterocycles. The van der Waals surface area contributed by atoms with Crippen molar-refractivity contribution in [2.45, 2.75) is 145 Å². The van der Waals surface area contributed by atoms with Crippen LogP contribution in [0.1, 0.15) is 147 Å². The average molecular weight is 1430 g/mol. The molecule has 0 spiro atoms. The van der Waals surface area contributed by atoms with Crippen LogP contribution in [0.5, 0.6) is 6.01 Å². The molecule has 5 aromatic rings. The summed E-state index contributed by atoms with van der Waals surface area (Å²) in [5.74, 6) is -7.81. The van der Waals surface area contributed by atoms with Crippen LogP contribution >= 0.6 is 0 Å². The minimum Gasteiger partial charge on any atom is -0.467 e. The Bertz CT molecular complexity index is 3030. The smallest absolute Gasteiger partial charge is 0.451 e. The summed E-state index contributed by atoms with van der Waals surface area (Å²) in [4.78, 5) is 46.7. The third kappa shape index (κ3) is 25.9. The second-order valence-electron chi connectivity index (χ2n) is 23.8. The number of nitrogens with zero attached hydrogens (tertiary/aromatic N) is 15. The highest BCUT2D eigenvalue weighted by Crippen LogP contribution is 2.35. The molecule has 0 aliphatic carbocycles. The molecule has 0 bridgehead atoms. The molecular weight excluding hydrogens is 1340 g/mol. The summed E-state index contributed by atoms with van der Waals surface area (Å²) in [6, 6.07) is -0.553. The van der Waals surface area contributed by atoms with E-state index in [2.05, 4.69) is 59.6 Å². The SMILES string of the molecule is C.COC1CCCN(C(CN)c2cnc(C(F)(F)F)nc2)C1.COc1ncc(C(CN)N2CCC(F)(F)CC2)cn1.Cc1ncc(C(CN)N2CCC(F)(F)CC2)cn1.NCC(c1cnc(C(F)(F)F)nc1)N1CCC(F)CC1.NCC(c1cnc(C(F)(F)F)nc1)N1CCCOCC1. The van der Waals surface area contributed by atoms with Crippen LogP contribution in [0.2, 0.25) is 0 Å². The van der Waals surface area contributed by atoms with Crippen LogP contribution in [0.4, 0.5) is 61.5 Å². The number of alkyl halides is 14. The molecule has 556 valence electrons. The van der Waals surface area contributed by atoms with E-state index >= 15 is 0 Å². The van der Waals surface area contributed by atoms with Crippen molar-refractivity contribution in [1.29, 1.82) is 0 Å². The number of ether oxygens (including phenoxy) is 3. The molecule has 10 N–H and O–H groups in total. The van der Waals surface area contributed by atoms with Gasteiger partial charge in [-0.25, -0.2) is 71.8 Å². The molecule has 5 aliphatic rings. The van der Waals surface area contributed by atoms with E-state index in [0.717, 1.165) is 55.9 Å². The summed E-state index contributed by atoms with van der Waals surface area (Å²) >= 11 is 0. The molecule has 6 unspecified atom stereocenters. The van der Waals surface area contributed by atoms with E-state index < -0.39 is 54.0 Å². The molecule has 6 atom stereocenters. The van der Waals surface area contributed by atoms with Gasteiger partial charge in [-0.05, 0) is 45.6 Å². The lowest BCUT2D eigenvalue weighted by molar-refractivity contribution is -0.145. The number of nitrogens with two attached hydrogens (primary N) is 5. The number of methoxy groups -OCH3 is 2. The predicted octanol–water partition coefficient (Wildman–Crippen LogP) is 8.12. The van der Waals surface area contributed by atoms with E-state index in [-0.39, 0.29) is 82.0 Å². The number of aromatic nitrogens is 10. The standard InChI is InChI=1S/C13H19F3N4O.C12H16F4N4.C12H17F3N4O.C12H18F2N4O.C12H18F2N4.CH4/c1-21-10-3-2-4-20(8-10)11(5-17)9-6-18-12(19-7-9)13(14,15)16;13-9-1-3-20(4-2-9)10(5-17)8-6-18-11(19-7-8)12(14,15)16;13-12(14,15)11-17-7-9(8-18-11)10(6-16)19-2-1-4-20-5-3-19;1-19-11-16-7-9(8-17-11)10(6-15)18-4-2-12(13,14)3-5-18;1-9-16-7-10(8-17-9)11(6-15)18-4-2-12(13,14)3-5-18;/h6-7,10-11H,2-5,8,17H2,1H3;6-7,9-10H,1-5,17H2;7-8,10H,1-6,16H2;7-8,10H,2-6,15H2,1H3;7-8,11H,2-6,15H2,1H3;1H4. The fourth-order valence-electron chi connectivity index (χ4n) is 11.7. The first kappa shape index (κ1) is 83.4. The number of halogens is 14. The lowest BCUT2D eigenvalue weighted by Crippen LogP contribution is -2.43. The van der Waals surface area contributed by atoms with Gasteiger partial charge in [0.25, 0.3) is 11.8 Å². The van der Waals surface area contributed by atoms with Gasteiger partial charge in [-0.2, -0.15) is 39.5 Å². The summed E-state index contributed by atoms with van der Waals surface area (Å²) in [5, 5.41) is 0. The lowest BCUT2D eigenvalue weighted by Gasteiger charge is -2.37. The van der Waals surface area contributed by atoms with Gasteiger partial charge in [0.1, 0.15) is 12.0 Å². The first-order valence-corrected chi connectivity index (χ1v) is 32.0. The van der Waals surface area contributed by atoms with Crippen molar-refractivity contribution in [3.63, 3.8) is 0 Å². The minimum atomic E-state index is -4.55. The van der Waals surface area contributed by atoms with E-state index in [1.807, 2.05) is 21.6 Å². The first-order chi connectivity index (χ1) is 46.5. The normalized spacial score (nSPS) is 20.7. The van der Waals surface area contributed by atoms with Crippen LogP contribution < -0.4 is 33.4 Å². The molecule has 0 radical (unpaired) electrons. The van der Waals surface area contributed by atoms with Gasteiger partial charge >= 0.3 is 24.5 Å². The molecule has 10 rings (SSSR count). The Labute approximate surface area is 566 Å². The van der Waals surface area contributed by atoms with Crippen molar-refractivity contribution >= 4 is 0 Å². The molecule has 0 aromatic carbocycles. The maximum Gasteiger partial charge on any atom is 0.451 e. The van der Waals surface area contributed by atoms with E-state index in [1.165, 1.54) is 31.9 Å². The van der Waals surface area contributed by atoms with Crippen LogP contribution in [0.25, 0.3) is 0 Å². The van der Waals surface area contributed by atoms with Gasteiger partial charge in [-0.15, -0.1) is 0 Å². The Kier molecular flexibility index (Phi) is 33.1. The van der Waals surface area contributed by atoms with Gasteiger partial charge < -0.3 is 42.9 Å². The Morgan fingerprint density at radius 2 is 0.758 bits per heavy atom. The van der Waals surface area contributed by atoms with Gasteiger partial charge in [0, 0.05) is 221 Å². The zero-order chi connectivity index (χ0) is 71.8. The fourth-order valence-corrected chi connectivity index (χ4v) is 11.7. The van der Waals surface area contributed by atoms with Crippen LogP contribution in [0, 0.1) is 6.92 Å². The molecular formula is C62H92F14N20O3. The van der Waals surface area contributed by atoms with E-state index in [4.69, 9.17) is 42.9 Å².